The minimum Gasteiger partial charge on any atom is -0.444 e. The van der Waals surface area contributed by atoms with Crippen LogP contribution in [0.25, 0.3) is 0 Å². The highest BCUT2D eigenvalue weighted by Crippen LogP contribution is 2.16. The van der Waals surface area contributed by atoms with Crippen LogP contribution in [0.2, 0.25) is 0 Å². The highest BCUT2D eigenvalue weighted by molar-refractivity contribution is 6.01. The maximum atomic E-state index is 12.2. The third kappa shape index (κ3) is 5.45. The van der Waals surface area contributed by atoms with Crippen LogP contribution in [0.5, 0.6) is 0 Å². The number of nitrogens with zero attached hydrogens (tertiary/aromatic N) is 1. The molecule has 1 aromatic carbocycles. The van der Waals surface area contributed by atoms with Gasteiger partial charge >= 0.3 is 6.09 Å². The number of hydrogen-bond donors (Lipinski definition) is 1. The number of para-hydroxylation sites is 1. The molecule has 0 aliphatic heterocycles. The minimum atomic E-state index is -0.534. The van der Waals surface area contributed by atoms with Crippen LogP contribution < -0.4 is 5.32 Å². The summed E-state index contributed by atoms with van der Waals surface area (Å²) >= 11 is 0. The van der Waals surface area contributed by atoms with Crippen LogP contribution >= 0.6 is 0 Å². The number of nitrogens with one attached hydrogen (secondary N) is 1. The normalized spacial score (nSPS) is 10.9. The van der Waals surface area contributed by atoms with E-state index in [1.54, 1.807) is 20.2 Å². The zero-order chi connectivity index (χ0) is 16.0. The summed E-state index contributed by atoms with van der Waals surface area (Å²) in [7, 11) is 3.41. The number of Topliss-reactive ketones (excluding diaryl/α,β-unsaturated/α-hetero) is 1. The van der Waals surface area contributed by atoms with Gasteiger partial charge in [0.25, 0.3) is 0 Å². The van der Waals surface area contributed by atoms with Crippen LogP contribution in [-0.4, -0.2) is 43.0 Å². The summed E-state index contributed by atoms with van der Waals surface area (Å²) in [5, 5.41) is 2.99. The summed E-state index contributed by atoms with van der Waals surface area (Å²) in [4.78, 5) is 25.5. The second kappa shape index (κ2) is 7.11. The number of hydrogen-bond acceptors (Lipinski definition) is 4. The van der Waals surface area contributed by atoms with Crippen molar-refractivity contribution < 1.29 is 14.3 Å². The van der Waals surface area contributed by atoms with Crippen LogP contribution in [0.3, 0.4) is 0 Å². The number of ether oxygens (including phenoxy) is 1. The molecule has 0 unspecified atom stereocenters. The molecule has 0 aliphatic rings. The first kappa shape index (κ1) is 17.0. The van der Waals surface area contributed by atoms with Crippen LogP contribution in [0, 0.1) is 0 Å². The molecule has 0 aromatic heterocycles. The first-order valence-electron chi connectivity index (χ1n) is 6.98. The van der Waals surface area contributed by atoms with Crippen molar-refractivity contribution in [3.63, 3.8) is 0 Å². The van der Waals surface area contributed by atoms with E-state index in [2.05, 4.69) is 5.32 Å². The van der Waals surface area contributed by atoms with Crippen LogP contribution in [0.4, 0.5) is 10.5 Å². The molecular formula is C16H24N2O3. The number of anilines is 1. The zero-order valence-electron chi connectivity index (χ0n) is 13.4. The molecule has 0 fully saturated rings. The van der Waals surface area contributed by atoms with E-state index in [9.17, 15) is 9.59 Å². The third-order valence-corrected chi connectivity index (χ3v) is 2.88. The average molecular weight is 292 g/mol. The second-order valence-electron chi connectivity index (χ2n) is 5.87. The molecular weight excluding hydrogens is 268 g/mol. The highest BCUT2D eigenvalue weighted by atomic mass is 16.6. The Labute approximate surface area is 126 Å². The predicted octanol–water partition coefficient (Wildman–Crippen LogP) is 3.17. The van der Waals surface area contributed by atoms with Gasteiger partial charge in [-0.05, 0) is 32.9 Å². The number of ketones is 1. The van der Waals surface area contributed by atoms with Gasteiger partial charge in [0.05, 0.1) is 0 Å². The number of benzene rings is 1. The Kier molecular flexibility index (Phi) is 5.76. The highest BCUT2D eigenvalue weighted by Gasteiger charge is 2.20. The number of carbonyl (C=O) groups excluding carboxylic acids is 2. The summed E-state index contributed by atoms with van der Waals surface area (Å²) in [6.45, 7) is 5.76. The van der Waals surface area contributed by atoms with Gasteiger partial charge in [-0.2, -0.15) is 0 Å². The van der Waals surface area contributed by atoms with E-state index < -0.39 is 11.7 Å². The SMILES string of the molecule is CNc1ccccc1C(=O)CCN(C)C(=O)OC(C)(C)C. The molecule has 0 bridgehead atoms. The Bertz CT molecular complexity index is 506. The number of rotatable bonds is 5. The van der Waals surface area contributed by atoms with E-state index in [0.717, 1.165) is 5.69 Å². The van der Waals surface area contributed by atoms with Crippen molar-refractivity contribution in [2.45, 2.75) is 32.8 Å². The fourth-order valence-corrected chi connectivity index (χ4v) is 1.78. The van der Waals surface area contributed by atoms with Gasteiger partial charge in [-0.3, -0.25) is 4.79 Å². The molecule has 0 radical (unpaired) electrons. The van der Waals surface area contributed by atoms with Gasteiger partial charge in [0.1, 0.15) is 5.60 Å². The Morgan fingerprint density at radius 1 is 1.24 bits per heavy atom. The zero-order valence-corrected chi connectivity index (χ0v) is 13.4. The van der Waals surface area contributed by atoms with Gasteiger partial charge in [0, 0.05) is 38.3 Å². The number of carbonyl (C=O) groups is 2. The third-order valence-electron chi connectivity index (χ3n) is 2.88. The quantitative estimate of drug-likeness (QED) is 0.847. The van der Waals surface area contributed by atoms with E-state index in [1.165, 1.54) is 4.90 Å². The molecule has 1 amide bonds. The first-order valence-corrected chi connectivity index (χ1v) is 6.98. The molecule has 5 nitrogen and oxygen atoms in total. The topological polar surface area (TPSA) is 58.6 Å². The average Bonchev–Trinajstić information content (AvgIpc) is 2.42. The molecule has 1 N–H and O–H groups in total. The number of amides is 1. The standard InChI is InChI=1S/C16H24N2O3/c1-16(2,3)21-15(20)18(5)11-10-14(19)12-8-6-7-9-13(12)17-4/h6-9,17H,10-11H2,1-5H3. The smallest absolute Gasteiger partial charge is 0.410 e. The molecule has 0 heterocycles. The molecule has 1 aromatic rings. The van der Waals surface area contributed by atoms with Crippen molar-refractivity contribution in [3.8, 4) is 0 Å². The summed E-state index contributed by atoms with van der Waals surface area (Å²) in [5.74, 6) is -0.00430. The van der Waals surface area contributed by atoms with E-state index in [-0.39, 0.29) is 12.2 Å². The minimum absolute atomic E-state index is 0.00430. The summed E-state index contributed by atoms with van der Waals surface area (Å²) in [6.07, 6.45) is -0.161. The van der Waals surface area contributed by atoms with E-state index in [1.807, 2.05) is 39.0 Å². The van der Waals surface area contributed by atoms with Crippen molar-refractivity contribution in [3.05, 3.63) is 29.8 Å². The van der Waals surface area contributed by atoms with E-state index >= 15 is 0 Å². The van der Waals surface area contributed by atoms with Crippen LogP contribution in [0.15, 0.2) is 24.3 Å². The van der Waals surface area contributed by atoms with Crippen LogP contribution in [-0.2, 0) is 4.74 Å². The van der Waals surface area contributed by atoms with Crippen molar-refractivity contribution in [2.24, 2.45) is 0 Å². The Morgan fingerprint density at radius 2 is 1.86 bits per heavy atom. The van der Waals surface area contributed by atoms with Gasteiger partial charge in [-0.15, -0.1) is 0 Å². The van der Waals surface area contributed by atoms with Crippen molar-refractivity contribution in [1.29, 1.82) is 0 Å². The molecule has 5 heteroatoms. The first-order chi connectivity index (χ1) is 9.74. The Hall–Kier alpha value is -2.04. The largest absolute Gasteiger partial charge is 0.444 e. The fraction of sp³-hybridized carbons (Fsp3) is 0.500. The predicted molar refractivity (Wildman–Crippen MR) is 83.8 cm³/mol. The van der Waals surface area contributed by atoms with Gasteiger partial charge < -0.3 is 15.0 Å². The lowest BCUT2D eigenvalue weighted by molar-refractivity contribution is 0.0298. The summed E-state index contributed by atoms with van der Waals surface area (Å²) in [5.41, 5.74) is 0.897. The van der Waals surface area contributed by atoms with Gasteiger partial charge in [-0.25, -0.2) is 4.79 Å². The van der Waals surface area contributed by atoms with Crippen LogP contribution in [0.1, 0.15) is 37.6 Å². The Balaban J connectivity index is 2.58. The molecule has 21 heavy (non-hydrogen) atoms. The maximum absolute atomic E-state index is 12.2. The lowest BCUT2D eigenvalue weighted by Crippen LogP contribution is -2.35. The Morgan fingerprint density at radius 3 is 2.43 bits per heavy atom. The monoisotopic (exact) mass is 292 g/mol. The fourth-order valence-electron chi connectivity index (χ4n) is 1.78. The summed E-state index contributed by atoms with van der Waals surface area (Å²) < 4.78 is 5.25. The lowest BCUT2D eigenvalue weighted by atomic mass is 10.1. The molecule has 1 rings (SSSR count). The lowest BCUT2D eigenvalue weighted by Gasteiger charge is -2.24. The van der Waals surface area contributed by atoms with E-state index in [0.29, 0.717) is 12.1 Å². The molecule has 0 saturated carbocycles. The summed E-state index contributed by atoms with van der Waals surface area (Å²) in [6, 6.07) is 7.33. The van der Waals surface area contributed by atoms with Crippen molar-refractivity contribution in [2.75, 3.05) is 26.0 Å². The maximum Gasteiger partial charge on any atom is 0.410 e. The van der Waals surface area contributed by atoms with E-state index in [4.69, 9.17) is 4.74 Å². The van der Waals surface area contributed by atoms with Crippen molar-refractivity contribution >= 4 is 17.6 Å². The molecule has 0 aliphatic carbocycles. The molecule has 0 atom stereocenters. The molecule has 0 spiro atoms. The molecule has 0 saturated heterocycles. The van der Waals surface area contributed by atoms with Gasteiger partial charge in [0.15, 0.2) is 5.78 Å². The van der Waals surface area contributed by atoms with Gasteiger partial charge in [-0.1, -0.05) is 12.1 Å². The molecule has 116 valence electrons. The van der Waals surface area contributed by atoms with Crippen molar-refractivity contribution in [1.82, 2.24) is 4.90 Å². The van der Waals surface area contributed by atoms with Gasteiger partial charge in [0.2, 0.25) is 0 Å². The second-order valence-corrected chi connectivity index (χ2v) is 5.87.